The predicted octanol–water partition coefficient (Wildman–Crippen LogP) is 4.12. The summed E-state index contributed by atoms with van der Waals surface area (Å²) in [6.07, 6.45) is 1.02. The summed E-state index contributed by atoms with van der Waals surface area (Å²) < 4.78 is 11.0. The fourth-order valence-corrected chi connectivity index (χ4v) is 2.20. The normalized spacial score (nSPS) is 10.2. The molecule has 2 aromatic carbocycles. The van der Waals surface area contributed by atoms with Crippen LogP contribution in [0.25, 0.3) is 0 Å². The van der Waals surface area contributed by atoms with E-state index in [1.165, 1.54) is 16.7 Å². The zero-order valence-corrected chi connectivity index (χ0v) is 14.7. The Morgan fingerprint density at radius 1 is 1.00 bits per heavy atom. The fraction of sp³-hybridized carbons (Fsp3) is 0.368. The molecular weight excluding hydrogens is 310 g/mol. The summed E-state index contributed by atoms with van der Waals surface area (Å²) in [5.41, 5.74) is 3.64. The number of para-hydroxylation sites is 1. The Bertz CT molecular complexity index is 558. The monoisotopic (exact) mass is 335 g/mol. The van der Waals surface area contributed by atoms with Crippen LogP contribution < -0.4 is 10.1 Å². The number of hydrogen-bond donors (Lipinski definition) is 1. The summed E-state index contributed by atoms with van der Waals surface area (Å²) in [5, 5.41) is 3.42. The summed E-state index contributed by atoms with van der Waals surface area (Å²) >= 11 is 0. The van der Waals surface area contributed by atoms with E-state index < -0.39 is 0 Å². The molecule has 1 N–H and O–H groups in total. The van der Waals surface area contributed by atoms with Crippen molar-refractivity contribution in [3.8, 4) is 5.75 Å². The molecule has 2 rings (SSSR count). The Balaban J connectivity index is 0.00000264. The van der Waals surface area contributed by atoms with Crippen molar-refractivity contribution >= 4 is 12.4 Å². The number of aryl methyl sites for hydroxylation is 1. The van der Waals surface area contributed by atoms with E-state index in [0.29, 0.717) is 6.61 Å². The second-order valence-electron chi connectivity index (χ2n) is 5.41. The van der Waals surface area contributed by atoms with Gasteiger partial charge in [-0.3, -0.25) is 0 Å². The van der Waals surface area contributed by atoms with Crippen LogP contribution in [0.5, 0.6) is 5.75 Å². The van der Waals surface area contributed by atoms with Crippen LogP contribution in [-0.4, -0.2) is 20.3 Å². The van der Waals surface area contributed by atoms with Crippen LogP contribution in [0.1, 0.15) is 23.1 Å². The van der Waals surface area contributed by atoms with Crippen LogP contribution >= 0.6 is 12.4 Å². The van der Waals surface area contributed by atoms with Gasteiger partial charge in [0, 0.05) is 25.8 Å². The van der Waals surface area contributed by atoms with Crippen molar-refractivity contribution in [1.82, 2.24) is 5.32 Å². The third-order valence-electron chi connectivity index (χ3n) is 3.51. The molecule has 126 valence electrons. The van der Waals surface area contributed by atoms with Crippen molar-refractivity contribution in [3.05, 3.63) is 65.2 Å². The number of rotatable bonds is 9. The van der Waals surface area contributed by atoms with Crippen molar-refractivity contribution in [3.63, 3.8) is 0 Å². The zero-order valence-electron chi connectivity index (χ0n) is 13.9. The van der Waals surface area contributed by atoms with Gasteiger partial charge in [-0.2, -0.15) is 0 Å². The van der Waals surface area contributed by atoms with Crippen LogP contribution in [0.15, 0.2) is 48.5 Å². The molecule has 4 heteroatoms. The maximum Gasteiger partial charge on any atom is 0.124 e. The number of methoxy groups -OCH3 is 1. The molecule has 3 nitrogen and oxygen atoms in total. The average Bonchev–Trinajstić information content (AvgIpc) is 2.55. The smallest absolute Gasteiger partial charge is 0.124 e. The third kappa shape index (κ3) is 7.04. The standard InChI is InChI=1S/C19H25NO2.ClH/c1-16-8-10-17(11-9-16)15-22-19-7-4-3-6-18(19)14-20-12-5-13-21-2;/h3-4,6-11,20H,5,12-15H2,1-2H3;1H. The lowest BCUT2D eigenvalue weighted by atomic mass is 10.1. The van der Waals surface area contributed by atoms with Gasteiger partial charge in [0.25, 0.3) is 0 Å². The zero-order chi connectivity index (χ0) is 15.6. The molecule has 23 heavy (non-hydrogen) atoms. The maximum atomic E-state index is 5.98. The highest BCUT2D eigenvalue weighted by Gasteiger charge is 2.03. The molecule has 0 aromatic heterocycles. The molecule has 0 aliphatic rings. The van der Waals surface area contributed by atoms with Crippen molar-refractivity contribution < 1.29 is 9.47 Å². The summed E-state index contributed by atoms with van der Waals surface area (Å²) in [6.45, 7) is 5.24. The van der Waals surface area contributed by atoms with E-state index in [2.05, 4.69) is 42.6 Å². The van der Waals surface area contributed by atoms with E-state index >= 15 is 0 Å². The quantitative estimate of drug-likeness (QED) is 0.699. The van der Waals surface area contributed by atoms with Crippen molar-refractivity contribution in [2.75, 3.05) is 20.3 Å². The first kappa shape index (κ1) is 19.5. The Kier molecular flexibility index (Phi) is 9.37. The molecule has 0 saturated carbocycles. The van der Waals surface area contributed by atoms with Crippen LogP contribution in [0.2, 0.25) is 0 Å². The Morgan fingerprint density at radius 3 is 2.48 bits per heavy atom. The van der Waals surface area contributed by atoms with Crippen molar-refractivity contribution in [2.45, 2.75) is 26.5 Å². The van der Waals surface area contributed by atoms with E-state index in [4.69, 9.17) is 9.47 Å². The van der Waals surface area contributed by atoms with Gasteiger partial charge in [-0.1, -0.05) is 48.0 Å². The largest absolute Gasteiger partial charge is 0.489 e. The van der Waals surface area contributed by atoms with Gasteiger partial charge in [-0.05, 0) is 31.5 Å². The Morgan fingerprint density at radius 2 is 1.74 bits per heavy atom. The van der Waals surface area contributed by atoms with Gasteiger partial charge in [0.05, 0.1) is 0 Å². The minimum absolute atomic E-state index is 0. The lowest BCUT2D eigenvalue weighted by Crippen LogP contribution is -2.16. The van der Waals surface area contributed by atoms with Gasteiger partial charge in [-0.15, -0.1) is 12.4 Å². The molecule has 0 bridgehead atoms. The van der Waals surface area contributed by atoms with Gasteiger partial charge in [-0.25, -0.2) is 0 Å². The molecule has 0 atom stereocenters. The van der Waals surface area contributed by atoms with E-state index in [-0.39, 0.29) is 12.4 Å². The summed E-state index contributed by atoms with van der Waals surface area (Å²) in [4.78, 5) is 0. The molecule has 0 aliphatic carbocycles. The SMILES string of the molecule is COCCCNCc1ccccc1OCc1ccc(C)cc1.Cl. The highest BCUT2D eigenvalue weighted by molar-refractivity contribution is 5.85. The number of hydrogen-bond acceptors (Lipinski definition) is 3. The molecule has 0 radical (unpaired) electrons. The fourth-order valence-electron chi connectivity index (χ4n) is 2.20. The molecule has 0 spiro atoms. The second-order valence-corrected chi connectivity index (χ2v) is 5.41. The first-order chi connectivity index (χ1) is 10.8. The molecule has 0 unspecified atom stereocenters. The number of halogens is 1. The van der Waals surface area contributed by atoms with Gasteiger partial charge in [0.15, 0.2) is 0 Å². The Hall–Kier alpha value is -1.55. The van der Waals surface area contributed by atoms with Gasteiger partial charge in [0.1, 0.15) is 12.4 Å². The minimum Gasteiger partial charge on any atom is -0.489 e. The van der Waals surface area contributed by atoms with Crippen LogP contribution in [0.4, 0.5) is 0 Å². The molecular formula is C19H26ClNO2. The summed E-state index contributed by atoms with van der Waals surface area (Å²) in [5.74, 6) is 0.947. The molecule has 0 heterocycles. The van der Waals surface area contributed by atoms with Crippen molar-refractivity contribution in [1.29, 1.82) is 0 Å². The molecule has 0 aliphatic heterocycles. The molecule has 2 aromatic rings. The number of benzene rings is 2. The van der Waals surface area contributed by atoms with E-state index in [0.717, 1.165) is 31.9 Å². The minimum atomic E-state index is 0. The first-order valence-electron chi connectivity index (χ1n) is 7.75. The van der Waals surface area contributed by atoms with Gasteiger partial charge >= 0.3 is 0 Å². The van der Waals surface area contributed by atoms with Gasteiger partial charge < -0.3 is 14.8 Å². The summed E-state index contributed by atoms with van der Waals surface area (Å²) in [7, 11) is 1.73. The number of ether oxygens (including phenoxy) is 2. The van der Waals surface area contributed by atoms with Crippen LogP contribution in [0, 0.1) is 6.92 Å². The first-order valence-corrected chi connectivity index (χ1v) is 7.75. The molecule has 0 saturated heterocycles. The molecule has 0 amide bonds. The average molecular weight is 336 g/mol. The highest BCUT2D eigenvalue weighted by Crippen LogP contribution is 2.19. The van der Waals surface area contributed by atoms with Crippen molar-refractivity contribution in [2.24, 2.45) is 0 Å². The lowest BCUT2D eigenvalue weighted by molar-refractivity contribution is 0.194. The topological polar surface area (TPSA) is 30.5 Å². The van der Waals surface area contributed by atoms with Crippen LogP contribution in [-0.2, 0) is 17.9 Å². The highest BCUT2D eigenvalue weighted by atomic mass is 35.5. The van der Waals surface area contributed by atoms with Crippen LogP contribution in [0.3, 0.4) is 0 Å². The van der Waals surface area contributed by atoms with E-state index in [9.17, 15) is 0 Å². The van der Waals surface area contributed by atoms with E-state index in [1.54, 1.807) is 7.11 Å². The Labute approximate surface area is 145 Å². The third-order valence-corrected chi connectivity index (χ3v) is 3.51. The summed E-state index contributed by atoms with van der Waals surface area (Å²) in [6, 6.07) is 16.6. The van der Waals surface area contributed by atoms with E-state index in [1.807, 2.05) is 18.2 Å². The number of nitrogens with one attached hydrogen (secondary N) is 1. The van der Waals surface area contributed by atoms with Gasteiger partial charge in [0.2, 0.25) is 0 Å². The molecule has 0 fully saturated rings. The maximum absolute atomic E-state index is 5.98. The lowest BCUT2D eigenvalue weighted by Gasteiger charge is -2.12. The predicted molar refractivity (Wildman–Crippen MR) is 97.4 cm³/mol. The second kappa shape index (κ2) is 11.1.